The second-order valence-electron chi connectivity index (χ2n) is 5.02. The molecule has 0 saturated heterocycles. The Balaban J connectivity index is 2.17. The minimum atomic E-state index is 0.156. The van der Waals surface area contributed by atoms with Crippen LogP contribution in [0.15, 0.2) is 22.7 Å². The van der Waals surface area contributed by atoms with Gasteiger partial charge in [0.2, 0.25) is 5.89 Å². The molecule has 0 spiro atoms. The van der Waals surface area contributed by atoms with Gasteiger partial charge in [0.05, 0.1) is 5.92 Å². The van der Waals surface area contributed by atoms with E-state index in [1.807, 2.05) is 13.1 Å². The SMILES string of the molecule is CCC(NC)C(C)c1nc(Cc2c(Cl)cccc2Cl)no1. The lowest BCUT2D eigenvalue weighted by atomic mass is 10.00. The zero-order valence-corrected chi connectivity index (χ0v) is 13.9. The highest BCUT2D eigenvalue weighted by atomic mass is 35.5. The third kappa shape index (κ3) is 3.76. The molecule has 4 nitrogen and oxygen atoms in total. The summed E-state index contributed by atoms with van der Waals surface area (Å²) in [6.45, 7) is 4.20. The Bertz CT molecular complexity index is 576. The second-order valence-corrected chi connectivity index (χ2v) is 5.83. The average Bonchev–Trinajstić information content (AvgIpc) is 2.93. The molecule has 1 N–H and O–H groups in total. The molecule has 1 aromatic carbocycles. The molecule has 0 fully saturated rings. The lowest BCUT2D eigenvalue weighted by Gasteiger charge is -2.18. The van der Waals surface area contributed by atoms with E-state index >= 15 is 0 Å². The zero-order valence-electron chi connectivity index (χ0n) is 12.4. The van der Waals surface area contributed by atoms with Crippen LogP contribution in [0.2, 0.25) is 10.0 Å². The fourth-order valence-corrected chi connectivity index (χ4v) is 2.89. The van der Waals surface area contributed by atoms with E-state index in [0.717, 1.165) is 12.0 Å². The summed E-state index contributed by atoms with van der Waals surface area (Å²) in [6, 6.07) is 5.74. The summed E-state index contributed by atoms with van der Waals surface area (Å²) in [5, 5.41) is 8.52. The Morgan fingerprint density at radius 1 is 1.29 bits per heavy atom. The van der Waals surface area contributed by atoms with Crippen molar-refractivity contribution >= 4 is 23.2 Å². The van der Waals surface area contributed by atoms with Crippen molar-refractivity contribution in [2.45, 2.75) is 38.6 Å². The Kier molecular flexibility index (Phi) is 5.62. The van der Waals surface area contributed by atoms with E-state index in [-0.39, 0.29) is 5.92 Å². The molecule has 2 unspecified atom stereocenters. The maximum atomic E-state index is 6.16. The summed E-state index contributed by atoms with van der Waals surface area (Å²) in [5.41, 5.74) is 0.821. The quantitative estimate of drug-likeness (QED) is 0.868. The fraction of sp³-hybridized carbons (Fsp3) is 0.467. The Labute approximate surface area is 134 Å². The van der Waals surface area contributed by atoms with Gasteiger partial charge in [-0.15, -0.1) is 0 Å². The maximum absolute atomic E-state index is 6.16. The van der Waals surface area contributed by atoms with E-state index in [1.54, 1.807) is 12.1 Å². The van der Waals surface area contributed by atoms with Crippen LogP contribution in [0, 0.1) is 0 Å². The summed E-state index contributed by atoms with van der Waals surface area (Å²) < 4.78 is 5.38. The average molecular weight is 328 g/mol. The lowest BCUT2D eigenvalue weighted by molar-refractivity contribution is 0.324. The molecule has 114 valence electrons. The van der Waals surface area contributed by atoms with Crippen molar-refractivity contribution in [3.05, 3.63) is 45.5 Å². The normalized spacial score (nSPS) is 14.1. The first-order valence-electron chi connectivity index (χ1n) is 6.99. The van der Waals surface area contributed by atoms with Crippen molar-refractivity contribution in [1.82, 2.24) is 15.5 Å². The van der Waals surface area contributed by atoms with Gasteiger partial charge >= 0.3 is 0 Å². The molecule has 0 bridgehead atoms. The highest BCUT2D eigenvalue weighted by molar-refractivity contribution is 6.36. The number of benzene rings is 1. The molecule has 0 aliphatic heterocycles. The van der Waals surface area contributed by atoms with Gasteiger partial charge in [-0.05, 0) is 31.2 Å². The Morgan fingerprint density at radius 2 is 1.95 bits per heavy atom. The van der Waals surface area contributed by atoms with Gasteiger partial charge in [0.1, 0.15) is 0 Å². The summed E-state index contributed by atoms with van der Waals surface area (Å²) in [5.74, 6) is 1.38. The Hall–Kier alpha value is -1.10. The van der Waals surface area contributed by atoms with Gasteiger partial charge in [0.15, 0.2) is 5.82 Å². The predicted octanol–water partition coefficient (Wildman–Crippen LogP) is 4.07. The molecule has 2 rings (SSSR count). The van der Waals surface area contributed by atoms with Crippen molar-refractivity contribution in [3.63, 3.8) is 0 Å². The van der Waals surface area contributed by atoms with Crippen molar-refractivity contribution < 1.29 is 4.52 Å². The number of nitrogens with zero attached hydrogens (tertiary/aromatic N) is 2. The van der Waals surface area contributed by atoms with E-state index in [4.69, 9.17) is 27.7 Å². The van der Waals surface area contributed by atoms with Gasteiger partial charge < -0.3 is 9.84 Å². The van der Waals surface area contributed by atoms with Gasteiger partial charge in [0, 0.05) is 22.5 Å². The first-order valence-corrected chi connectivity index (χ1v) is 7.75. The van der Waals surface area contributed by atoms with Crippen molar-refractivity contribution in [1.29, 1.82) is 0 Å². The van der Waals surface area contributed by atoms with Crippen molar-refractivity contribution in [2.75, 3.05) is 7.05 Å². The number of aromatic nitrogens is 2. The zero-order chi connectivity index (χ0) is 15.4. The summed E-state index contributed by atoms with van der Waals surface area (Å²) in [6.07, 6.45) is 1.46. The molecule has 0 aliphatic carbocycles. The van der Waals surface area contributed by atoms with Gasteiger partial charge in [-0.2, -0.15) is 4.98 Å². The van der Waals surface area contributed by atoms with Crippen LogP contribution in [-0.2, 0) is 6.42 Å². The lowest BCUT2D eigenvalue weighted by Crippen LogP contribution is -2.30. The van der Waals surface area contributed by atoms with Crippen LogP contribution < -0.4 is 5.32 Å². The van der Waals surface area contributed by atoms with Gasteiger partial charge in [-0.25, -0.2) is 0 Å². The number of likely N-dealkylation sites (N-methyl/N-ethyl adjacent to an activating group) is 1. The van der Waals surface area contributed by atoms with E-state index in [9.17, 15) is 0 Å². The third-order valence-corrected chi connectivity index (χ3v) is 4.39. The van der Waals surface area contributed by atoms with Crippen molar-refractivity contribution in [2.24, 2.45) is 0 Å². The maximum Gasteiger partial charge on any atom is 0.231 e. The standard InChI is InChI=1S/C15H19Cl2N3O/c1-4-13(18-3)9(2)15-19-14(20-21-15)8-10-11(16)6-5-7-12(10)17/h5-7,9,13,18H,4,8H2,1-3H3. The number of hydrogen-bond acceptors (Lipinski definition) is 4. The van der Waals surface area contributed by atoms with Crippen LogP contribution in [0.5, 0.6) is 0 Å². The fourth-order valence-electron chi connectivity index (χ4n) is 2.36. The highest BCUT2D eigenvalue weighted by Crippen LogP contribution is 2.27. The smallest absolute Gasteiger partial charge is 0.231 e. The molecule has 0 aliphatic rings. The third-order valence-electron chi connectivity index (χ3n) is 3.68. The number of nitrogens with one attached hydrogen (secondary N) is 1. The first kappa shape index (κ1) is 16.3. The van der Waals surface area contributed by atoms with Crippen LogP contribution in [0.4, 0.5) is 0 Å². The van der Waals surface area contributed by atoms with Crippen LogP contribution in [0.1, 0.15) is 43.5 Å². The summed E-state index contributed by atoms with van der Waals surface area (Å²) in [4.78, 5) is 4.47. The van der Waals surface area contributed by atoms with Gasteiger partial charge in [-0.1, -0.05) is 48.3 Å². The minimum Gasteiger partial charge on any atom is -0.339 e. The molecule has 1 aromatic heterocycles. The predicted molar refractivity (Wildman–Crippen MR) is 85.1 cm³/mol. The molecular formula is C15H19Cl2N3O. The van der Waals surface area contributed by atoms with E-state index in [0.29, 0.717) is 34.2 Å². The molecule has 2 atom stereocenters. The topological polar surface area (TPSA) is 51.0 Å². The highest BCUT2D eigenvalue weighted by Gasteiger charge is 2.22. The van der Waals surface area contributed by atoms with E-state index < -0.39 is 0 Å². The molecule has 0 radical (unpaired) electrons. The van der Waals surface area contributed by atoms with Crippen LogP contribution >= 0.6 is 23.2 Å². The van der Waals surface area contributed by atoms with Crippen LogP contribution in [-0.4, -0.2) is 23.2 Å². The molecule has 21 heavy (non-hydrogen) atoms. The molecular weight excluding hydrogens is 309 g/mol. The first-order chi connectivity index (χ1) is 10.1. The summed E-state index contributed by atoms with van der Waals surface area (Å²) in [7, 11) is 1.94. The number of halogens is 2. The minimum absolute atomic E-state index is 0.156. The molecule has 0 amide bonds. The molecule has 0 saturated carbocycles. The van der Waals surface area contributed by atoms with Gasteiger partial charge in [0.25, 0.3) is 0 Å². The summed E-state index contributed by atoms with van der Waals surface area (Å²) >= 11 is 12.3. The van der Waals surface area contributed by atoms with Crippen LogP contribution in [0.25, 0.3) is 0 Å². The largest absolute Gasteiger partial charge is 0.339 e. The monoisotopic (exact) mass is 327 g/mol. The molecule has 6 heteroatoms. The van der Waals surface area contributed by atoms with Crippen molar-refractivity contribution in [3.8, 4) is 0 Å². The Morgan fingerprint density at radius 3 is 2.52 bits per heavy atom. The second kappa shape index (κ2) is 7.25. The van der Waals surface area contributed by atoms with E-state index in [1.165, 1.54) is 0 Å². The number of hydrogen-bond donors (Lipinski definition) is 1. The van der Waals surface area contributed by atoms with Crippen LogP contribution in [0.3, 0.4) is 0 Å². The van der Waals surface area contributed by atoms with Gasteiger partial charge in [-0.3, -0.25) is 0 Å². The number of rotatable bonds is 6. The molecule has 2 aromatic rings. The van der Waals surface area contributed by atoms with E-state index in [2.05, 4.69) is 29.3 Å². The molecule has 1 heterocycles.